The molecule has 0 N–H and O–H groups in total. The van der Waals surface area contributed by atoms with Gasteiger partial charge in [0.15, 0.2) is 5.69 Å². The molecule has 0 bridgehead atoms. The zero-order chi connectivity index (χ0) is 14.6. The number of rotatable bonds is 6. The molecule has 1 aromatic heterocycles. The predicted octanol–water partition coefficient (Wildman–Crippen LogP) is 0.623. The van der Waals surface area contributed by atoms with Crippen LogP contribution >= 0.6 is 0 Å². The summed E-state index contributed by atoms with van der Waals surface area (Å²) in [5.41, 5.74) is 0.757. The molecule has 1 aromatic rings. The molecule has 19 heavy (non-hydrogen) atoms. The highest BCUT2D eigenvalue weighted by atomic mass is 32.2. The van der Waals surface area contributed by atoms with Gasteiger partial charge in [0.05, 0.1) is 24.6 Å². The van der Waals surface area contributed by atoms with Crippen LogP contribution in [0.3, 0.4) is 0 Å². The number of ether oxygens (including phenoxy) is 1. The zero-order valence-electron chi connectivity index (χ0n) is 11.6. The number of carbonyl (C=O) groups excluding carboxylic acids is 1. The third-order valence-electron chi connectivity index (χ3n) is 2.46. The van der Waals surface area contributed by atoms with Crippen molar-refractivity contribution in [1.82, 2.24) is 15.0 Å². The van der Waals surface area contributed by atoms with Crippen molar-refractivity contribution in [3.8, 4) is 0 Å². The van der Waals surface area contributed by atoms with Gasteiger partial charge in [-0.3, -0.25) is 0 Å². The largest absolute Gasteiger partial charge is 0.461 e. The van der Waals surface area contributed by atoms with Gasteiger partial charge in [-0.2, -0.15) is 0 Å². The van der Waals surface area contributed by atoms with Gasteiger partial charge in [-0.15, -0.1) is 5.10 Å². The van der Waals surface area contributed by atoms with E-state index in [9.17, 15) is 13.2 Å². The van der Waals surface area contributed by atoms with Crippen molar-refractivity contribution in [2.24, 2.45) is 0 Å². The summed E-state index contributed by atoms with van der Waals surface area (Å²) in [7, 11) is -3.09. The fourth-order valence-electron chi connectivity index (χ4n) is 1.65. The summed E-state index contributed by atoms with van der Waals surface area (Å²) < 4.78 is 28.7. The topological polar surface area (TPSA) is 91.2 Å². The highest BCUT2D eigenvalue weighted by Crippen LogP contribution is 2.18. The molecule has 0 aliphatic heterocycles. The molecule has 0 aliphatic rings. The summed E-state index contributed by atoms with van der Waals surface area (Å²) in [5, 5.41) is 7.65. The van der Waals surface area contributed by atoms with Crippen LogP contribution in [0.1, 0.15) is 42.9 Å². The van der Waals surface area contributed by atoms with Crippen LogP contribution in [0, 0.1) is 0 Å². The fourth-order valence-corrected chi connectivity index (χ4v) is 2.16. The minimum atomic E-state index is -3.09. The Balaban J connectivity index is 3.03. The van der Waals surface area contributed by atoms with Crippen molar-refractivity contribution in [2.45, 2.75) is 33.2 Å². The zero-order valence-corrected chi connectivity index (χ0v) is 12.4. The Morgan fingerprint density at radius 3 is 2.53 bits per heavy atom. The van der Waals surface area contributed by atoms with Crippen LogP contribution in [0.4, 0.5) is 0 Å². The Bertz CT molecular complexity index is 548. The van der Waals surface area contributed by atoms with E-state index in [2.05, 4.69) is 10.3 Å². The van der Waals surface area contributed by atoms with E-state index < -0.39 is 15.8 Å². The van der Waals surface area contributed by atoms with E-state index in [-0.39, 0.29) is 30.5 Å². The molecule has 108 valence electrons. The van der Waals surface area contributed by atoms with Crippen LogP contribution in [0.2, 0.25) is 0 Å². The van der Waals surface area contributed by atoms with Crippen molar-refractivity contribution in [2.75, 3.05) is 18.6 Å². The molecule has 0 radical (unpaired) electrons. The van der Waals surface area contributed by atoms with E-state index in [4.69, 9.17) is 4.74 Å². The van der Waals surface area contributed by atoms with Crippen molar-refractivity contribution < 1.29 is 17.9 Å². The van der Waals surface area contributed by atoms with Crippen LogP contribution < -0.4 is 0 Å². The maximum absolute atomic E-state index is 11.7. The summed E-state index contributed by atoms with van der Waals surface area (Å²) in [6, 6.07) is 0. The maximum Gasteiger partial charge on any atom is 0.360 e. The van der Waals surface area contributed by atoms with Gasteiger partial charge in [0.1, 0.15) is 9.84 Å². The lowest BCUT2D eigenvalue weighted by Crippen LogP contribution is -2.16. The lowest BCUT2D eigenvalue weighted by atomic mass is 10.1. The summed E-state index contributed by atoms with van der Waals surface area (Å²) in [6.07, 6.45) is 1.16. The van der Waals surface area contributed by atoms with Gasteiger partial charge in [-0.05, 0) is 12.8 Å². The van der Waals surface area contributed by atoms with Crippen LogP contribution in [0.5, 0.6) is 0 Å². The second-order valence-electron chi connectivity index (χ2n) is 4.55. The molecule has 8 heteroatoms. The minimum absolute atomic E-state index is 0.00559. The molecule has 1 heterocycles. The van der Waals surface area contributed by atoms with E-state index in [1.54, 1.807) is 6.92 Å². The second-order valence-corrected chi connectivity index (χ2v) is 6.81. The molecule has 0 spiro atoms. The van der Waals surface area contributed by atoms with Crippen LogP contribution in [-0.2, 0) is 21.1 Å². The lowest BCUT2D eigenvalue weighted by molar-refractivity contribution is 0.0517. The van der Waals surface area contributed by atoms with Gasteiger partial charge in [-0.1, -0.05) is 19.1 Å². The standard InChI is InChI=1S/C11H19N3O4S/c1-5-18-11(15)9-10(8(2)3)14(13-12-9)6-7-19(4,16)17/h8H,5-7H2,1-4H3. The first-order chi connectivity index (χ1) is 8.76. The minimum Gasteiger partial charge on any atom is -0.461 e. The molecule has 0 amide bonds. The Labute approximate surface area is 112 Å². The molecule has 1 rings (SSSR count). The van der Waals surface area contributed by atoms with Gasteiger partial charge in [0, 0.05) is 6.26 Å². The van der Waals surface area contributed by atoms with E-state index in [1.807, 2.05) is 13.8 Å². The number of aromatic nitrogens is 3. The Morgan fingerprint density at radius 1 is 1.42 bits per heavy atom. The number of hydrogen-bond donors (Lipinski definition) is 0. The first kappa shape index (κ1) is 15.6. The average Bonchev–Trinajstić information content (AvgIpc) is 2.69. The van der Waals surface area contributed by atoms with E-state index in [0.717, 1.165) is 6.26 Å². The van der Waals surface area contributed by atoms with E-state index in [1.165, 1.54) is 4.68 Å². The molecule has 7 nitrogen and oxygen atoms in total. The molecule has 0 aromatic carbocycles. The van der Waals surface area contributed by atoms with Gasteiger partial charge in [-0.25, -0.2) is 17.9 Å². The third-order valence-corrected chi connectivity index (χ3v) is 3.39. The van der Waals surface area contributed by atoms with Crippen molar-refractivity contribution >= 4 is 15.8 Å². The lowest BCUT2D eigenvalue weighted by Gasteiger charge is -2.10. The van der Waals surface area contributed by atoms with Crippen molar-refractivity contribution in [1.29, 1.82) is 0 Å². The maximum atomic E-state index is 11.7. The molecule has 0 saturated carbocycles. The first-order valence-electron chi connectivity index (χ1n) is 6.04. The monoisotopic (exact) mass is 289 g/mol. The Morgan fingerprint density at radius 2 is 2.05 bits per heavy atom. The van der Waals surface area contributed by atoms with Gasteiger partial charge < -0.3 is 4.74 Å². The number of sulfone groups is 1. The molecular weight excluding hydrogens is 270 g/mol. The van der Waals surface area contributed by atoms with Crippen molar-refractivity contribution in [3.05, 3.63) is 11.4 Å². The van der Waals surface area contributed by atoms with Gasteiger partial charge >= 0.3 is 5.97 Å². The number of nitrogens with zero attached hydrogens (tertiary/aromatic N) is 3. The highest BCUT2D eigenvalue weighted by molar-refractivity contribution is 7.90. The normalized spacial score (nSPS) is 11.8. The second kappa shape index (κ2) is 6.14. The number of hydrogen-bond acceptors (Lipinski definition) is 6. The summed E-state index contributed by atoms with van der Waals surface area (Å²) >= 11 is 0. The summed E-state index contributed by atoms with van der Waals surface area (Å²) in [5.74, 6) is -0.580. The number of carbonyl (C=O) groups is 1. The number of esters is 1. The van der Waals surface area contributed by atoms with Crippen LogP contribution in [-0.4, -0.2) is 48.0 Å². The predicted molar refractivity (Wildman–Crippen MR) is 69.8 cm³/mol. The Hall–Kier alpha value is -1.44. The summed E-state index contributed by atoms with van der Waals surface area (Å²) in [4.78, 5) is 11.7. The van der Waals surface area contributed by atoms with Crippen LogP contribution in [0.25, 0.3) is 0 Å². The van der Waals surface area contributed by atoms with Gasteiger partial charge in [0.25, 0.3) is 0 Å². The molecule has 0 saturated heterocycles. The molecule has 0 atom stereocenters. The fraction of sp³-hybridized carbons (Fsp3) is 0.727. The highest BCUT2D eigenvalue weighted by Gasteiger charge is 2.23. The van der Waals surface area contributed by atoms with E-state index >= 15 is 0 Å². The summed E-state index contributed by atoms with van der Waals surface area (Å²) in [6.45, 7) is 5.92. The molecule has 0 fully saturated rings. The van der Waals surface area contributed by atoms with Crippen molar-refractivity contribution in [3.63, 3.8) is 0 Å². The molecule has 0 unspecified atom stereocenters. The Kier molecular flexibility index (Phi) is 5.04. The quantitative estimate of drug-likeness (QED) is 0.713. The van der Waals surface area contributed by atoms with Gasteiger partial charge in [0.2, 0.25) is 0 Å². The SMILES string of the molecule is CCOC(=O)c1nnn(CCS(C)(=O)=O)c1C(C)C. The first-order valence-corrected chi connectivity index (χ1v) is 8.10. The average molecular weight is 289 g/mol. The molecule has 0 aliphatic carbocycles. The number of aryl methyl sites for hydroxylation is 1. The van der Waals surface area contributed by atoms with E-state index in [0.29, 0.717) is 5.69 Å². The molecular formula is C11H19N3O4S. The smallest absolute Gasteiger partial charge is 0.360 e. The third kappa shape index (κ3) is 4.30. The van der Waals surface area contributed by atoms with Crippen LogP contribution in [0.15, 0.2) is 0 Å².